The number of non-ortho nitro benzene ring substituents is 1. The fourth-order valence-corrected chi connectivity index (χ4v) is 1.97. The molecule has 6 nitrogen and oxygen atoms in total. The lowest BCUT2D eigenvalue weighted by Gasteiger charge is -1.95. The topological polar surface area (TPSA) is 94.3 Å². The molecule has 0 saturated heterocycles. The first-order chi connectivity index (χ1) is 6.47. The third-order valence-electron chi connectivity index (χ3n) is 1.44. The Balaban J connectivity index is 3.19. The highest BCUT2D eigenvalue weighted by Crippen LogP contribution is 2.16. The third-order valence-corrected chi connectivity index (χ3v) is 3.73. The number of nitro groups is 1. The van der Waals surface area contributed by atoms with Gasteiger partial charge in [0.1, 0.15) is 10.7 Å². The minimum Gasteiger partial charge on any atom is -0.258 e. The van der Waals surface area contributed by atoms with E-state index in [-0.39, 0.29) is 10.6 Å². The SMILES string of the molecule is O=[SH]S(=O)(=O)c1ccc([N+](=O)[O-])cc1. The van der Waals surface area contributed by atoms with Crippen molar-refractivity contribution in [2.75, 3.05) is 0 Å². The second-order valence-electron chi connectivity index (χ2n) is 2.30. The molecule has 76 valence electrons. The van der Waals surface area contributed by atoms with Crippen molar-refractivity contribution >= 4 is 25.3 Å². The maximum Gasteiger partial charge on any atom is 0.269 e. The van der Waals surface area contributed by atoms with Crippen LogP contribution in [0.4, 0.5) is 5.69 Å². The van der Waals surface area contributed by atoms with E-state index in [1.54, 1.807) is 0 Å². The number of hydrogen-bond donors (Lipinski definition) is 1. The Labute approximate surface area is 82.5 Å². The molecular weight excluding hydrogens is 230 g/mol. The summed E-state index contributed by atoms with van der Waals surface area (Å²) in [5.74, 6) is 0. The number of hydrogen-bond acceptors (Lipinski definition) is 5. The zero-order chi connectivity index (χ0) is 10.8. The van der Waals surface area contributed by atoms with Crippen molar-refractivity contribution in [1.29, 1.82) is 0 Å². The van der Waals surface area contributed by atoms with Crippen LogP contribution in [-0.4, -0.2) is 17.6 Å². The molecule has 14 heavy (non-hydrogen) atoms. The Morgan fingerprint density at radius 2 is 1.71 bits per heavy atom. The van der Waals surface area contributed by atoms with Crippen molar-refractivity contribution in [3.05, 3.63) is 34.4 Å². The van der Waals surface area contributed by atoms with Gasteiger partial charge >= 0.3 is 0 Å². The van der Waals surface area contributed by atoms with E-state index in [1.807, 2.05) is 0 Å². The molecule has 0 heterocycles. The molecular formula is C6H5NO5S2. The Morgan fingerprint density at radius 3 is 2.07 bits per heavy atom. The minimum absolute atomic E-state index is 0.209. The number of nitro benzene ring substituents is 1. The van der Waals surface area contributed by atoms with Crippen molar-refractivity contribution in [1.82, 2.24) is 0 Å². The molecule has 0 fully saturated rings. The lowest BCUT2D eigenvalue weighted by atomic mass is 10.3. The summed E-state index contributed by atoms with van der Waals surface area (Å²) in [6.45, 7) is 0. The second-order valence-corrected chi connectivity index (χ2v) is 5.76. The lowest BCUT2D eigenvalue weighted by Crippen LogP contribution is -1.98. The summed E-state index contributed by atoms with van der Waals surface area (Å²) >= 11 is 0. The smallest absolute Gasteiger partial charge is 0.258 e. The third kappa shape index (κ3) is 2.15. The predicted molar refractivity (Wildman–Crippen MR) is 49.8 cm³/mol. The van der Waals surface area contributed by atoms with Crippen LogP contribution >= 0.6 is 0 Å². The lowest BCUT2D eigenvalue weighted by molar-refractivity contribution is -0.384. The molecule has 0 aliphatic heterocycles. The first-order valence-corrected chi connectivity index (χ1v) is 6.21. The van der Waals surface area contributed by atoms with Gasteiger partial charge in [0.15, 0.2) is 0 Å². The van der Waals surface area contributed by atoms with Gasteiger partial charge in [0.05, 0.1) is 9.82 Å². The summed E-state index contributed by atoms with van der Waals surface area (Å²) in [5, 5.41) is 10.2. The zero-order valence-corrected chi connectivity index (χ0v) is 8.36. The van der Waals surface area contributed by atoms with Gasteiger partial charge in [-0.25, -0.2) is 12.6 Å². The van der Waals surface area contributed by atoms with Crippen LogP contribution in [0.5, 0.6) is 0 Å². The monoisotopic (exact) mass is 235 g/mol. The molecule has 0 N–H and O–H groups in total. The van der Waals surface area contributed by atoms with E-state index in [4.69, 9.17) is 0 Å². The number of benzene rings is 1. The normalized spacial score (nSPS) is 11.1. The van der Waals surface area contributed by atoms with Crippen LogP contribution in [0.3, 0.4) is 0 Å². The van der Waals surface area contributed by atoms with Crippen LogP contribution in [0.15, 0.2) is 29.2 Å². The number of thiol groups is 1. The molecule has 8 heteroatoms. The summed E-state index contributed by atoms with van der Waals surface area (Å²) in [5.41, 5.74) is -0.216. The molecule has 1 aromatic carbocycles. The highest BCUT2D eigenvalue weighted by atomic mass is 33.1. The van der Waals surface area contributed by atoms with Gasteiger partial charge in [-0.05, 0) is 12.1 Å². The van der Waals surface area contributed by atoms with E-state index in [2.05, 4.69) is 0 Å². The molecule has 0 spiro atoms. The van der Waals surface area contributed by atoms with E-state index in [0.717, 1.165) is 24.3 Å². The fourth-order valence-electron chi connectivity index (χ4n) is 0.783. The fraction of sp³-hybridized carbons (Fsp3) is 0. The minimum atomic E-state index is -3.85. The average Bonchev–Trinajstić information content (AvgIpc) is 2.18. The average molecular weight is 235 g/mol. The zero-order valence-electron chi connectivity index (χ0n) is 6.65. The molecule has 0 aromatic heterocycles. The first-order valence-electron chi connectivity index (χ1n) is 3.31. The van der Waals surface area contributed by atoms with Crippen molar-refractivity contribution in [2.24, 2.45) is 0 Å². The van der Waals surface area contributed by atoms with E-state index >= 15 is 0 Å². The van der Waals surface area contributed by atoms with E-state index in [1.165, 1.54) is 0 Å². The highest BCUT2D eigenvalue weighted by Gasteiger charge is 2.13. The highest BCUT2D eigenvalue weighted by molar-refractivity contribution is 8.56. The van der Waals surface area contributed by atoms with Gasteiger partial charge in [-0.1, -0.05) is 0 Å². The summed E-state index contributed by atoms with van der Waals surface area (Å²) in [6.07, 6.45) is 0. The largest absolute Gasteiger partial charge is 0.269 e. The summed E-state index contributed by atoms with van der Waals surface area (Å²) in [6, 6.07) is 4.16. The molecule has 0 aliphatic carbocycles. The molecule has 1 rings (SSSR count). The van der Waals surface area contributed by atoms with Gasteiger partial charge in [-0.3, -0.25) is 10.1 Å². The van der Waals surface area contributed by atoms with Crippen molar-refractivity contribution in [2.45, 2.75) is 4.90 Å². The quantitative estimate of drug-likeness (QED) is 0.350. The molecule has 1 aromatic rings. The maximum atomic E-state index is 11.0. The Bertz CT molecular complexity index is 464. The summed E-state index contributed by atoms with van der Waals surface area (Å²) in [4.78, 5) is 9.37. The van der Waals surface area contributed by atoms with Gasteiger partial charge in [0.25, 0.3) is 14.6 Å². The van der Waals surface area contributed by atoms with Crippen molar-refractivity contribution in [3.63, 3.8) is 0 Å². The van der Waals surface area contributed by atoms with Crippen molar-refractivity contribution < 1.29 is 17.6 Å². The number of nitrogens with zero attached hydrogens (tertiary/aromatic N) is 1. The molecule has 0 bridgehead atoms. The molecule has 0 unspecified atom stereocenters. The second kappa shape index (κ2) is 3.84. The Morgan fingerprint density at radius 1 is 1.21 bits per heavy atom. The van der Waals surface area contributed by atoms with Crippen LogP contribution in [-0.2, 0) is 19.6 Å². The number of rotatable bonds is 3. The van der Waals surface area contributed by atoms with Crippen molar-refractivity contribution in [3.8, 4) is 0 Å². The van der Waals surface area contributed by atoms with Gasteiger partial charge in [-0.2, -0.15) is 0 Å². The Kier molecular flexibility index (Phi) is 2.96. The van der Waals surface area contributed by atoms with Gasteiger partial charge in [0.2, 0.25) is 0 Å². The maximum absolute atomic E-state index is 11.0. The van der Waals surface area contributed by atoms with Crippen LogP contribution in [0.25, 0.3) is 0 Å². The van der Waals surface area contributed by atoms with Gasteiger partial charge in [0, 0.05) is 12.1 Å². The standard InChI is InChI=1S/C6H5NO5S2/c8-7(9)5-1-3-6(4-2-5)14(11,12)13-10/h1-4,13H. The summed E-state index contributed by atoms with van der Waals surface area (Å²) < 4.78 is 32.2. The van der Waals surface area contributed by atoms with Gasteiger partial charge in [-0.15, -0.1) is 0 Å². The van der Waals surface area contributed by atoms with Crippen LogP contribution < -0.4 is 0 Å². The summed E-state index contributed by atoms with van der Waals surface area (Å²) in [7, 11) is -4.87. The van der Waals surface area contributed by atoms with E-state index in [0.29, 0.717) is 0 Å². The predicted octanol–water partition coefficient (Wildman–Crippen LogP) is 0.229. The molecule has 0 saturated carbocycles. The van der Waals surface area contributed by atoms with E-state index < -0.39 is 24.5 Å². The molecule has 0 amide bonds. The molecule has 0 aliphatic rings. The molecule has 0 atom stereocenters. The van der Waals surface area contributed by atoms with Gasteiger partial charge < -0.3 is 0 Å². The van der Waals surface area contributed by atoms with Crippen LogP contribution in [0.2, 0.25) is 0 Å². The van der Waals surface area contributed by atoms with Crippen LogP contribution in [0.1, 0.15) is 0 Å². The first kappa shape index (κ1) is 10.8. The Hall–Kier alpha value is -1.28. The van der Waals surface area contributed by atoms with Crippen LogP contribution in [0, 0.1) is 10.1 Å². The van der Waals surface area contributed by atoms with E-state index in [9.17, 15) is 22.7 Å². The molecule has 0 radical (unpaired) electrons.